The number of hydrogen-bond donors (Lipinski definition) is 1. The summed E-state index contributed by atoms with van der Waals surface area (Å²) in [6.07, 6.45) is 3.59. The minimum Gasteiger partial charge on any atom is -0.413 e. The zero-order valence-electron chi connectivity index (χ0n) is 9.42. The molecule has 78 valence electrons. The van der Waals surface area contributed by atoms with Gasteiger partial charge in [-0.25, -0.2) is 0 Å². The van der Waals surface area contributed by atoms with Crippen LogP contribution in [-0.2, 0) is 4.43 Å². The number of rotatable bonds is 4. The Bertz CT molecular complexity index is 168. The topological polar surface area (TPSA) is 29.5 Å². The summed E-state index contributed by atoms with van der Waals surface area (Å²) in [6, 6.07) is 0. The van der Waals surface area contributed by atoms with Crippen molar-refractivity contribution < 1.29 is 9.53 Å². The average molecular weight is 202 g/mol. The molecule has 3 heteroatoms. The van der Waals surface area contributed by atoms with Crippen molar-refractivity contribution in [1.82, 2.24) is 0 Å². The van der Waals surface area contributed by atoms with Gasteiger partial charge in [0.05, 0.1) is 13.2 Å². The van der Waals surface area contributed by atoms with Crippen LogP contribution in [0.2, 0.25) is 18.1 Å². The molecule has 0 radical (unpaired) electrons. The van der Waals surface area contributed by atoms with Gasteiger partial charge in [0.25, 0.3) is 0 Å². The molecule has 0 aromatic heterocycles. The molecule has 2 nitrogen and oxygen atoms in total. The third-order valence-electron chi connectivity index (χ3n) is 2.62. The molecule has 0 aromatic rings. The molecule has 0 aliphatic heterocycles. The second kappa shape index (κ2) is 4.93. The molecule has 0 fully saturated rings. The second-order valence-electron chi connectivity index (χ2n) is 4.73. The van der Waals surface area contributed by atoms with Crippen molar-refractivity contribution in [2.45, 2.75) is 38.9 Å². The summed E-state index contributed by atoms with van der Waals surface area (Å²) in [4.78, 5) is 0. The number of hydrogen-bond acceptors (Lipinski definition) is 2. The Balaban J connectivity index is 3.97. The van der Waals surface area contributed by atoms with Gasteiger partial charge in [-0.1, -0.05) is 32.9 Å². The van der Waals surface area contributed by atoms with Crippen molar-refractivity contribution in [3.63, 3.8) is 0 Å². The maximum absolute atomic E-state index is 8.52. The van der Waals surface area contributed by atoms with Gasteiger partial charge in [0.2, 0.25) is 0 Å². The van der Waals surface area contributed by atoms with Crippen LogP contribution in [0.5, 0.6) is 0 Å². The molecule has 0 aliphatic carbocycles. The first-order valence-electron chi connectivity index (χ1n) is 4.71. The van der Waals surface area contributed by atoms with Gasteiger partial charge in [0.15, 0.2) is 8.32 Å². The van der Waals surface area contributed by atoms with Crippen molar-refractivity contribution in [1.29, 1.82) is 0 Å². The van der Waals surface area contributed by atoms with E-state index in [4.69, 9.17) is 9.53 Å². The summed E-state index contributed by atoms with van der Waals surface area (Å²) in [7, 11) is -1.59. The second-order valence-corrected chi connectivity index (χ2v) is 9.53. The Morgan fingerprint density at radius 3 is 2.15 bits per heavy atom. The van der Waals surface area contributed by atoms with Crippen molar-refractivity contribution in [2.24, 2.45) is 0 Å². The van der Waals surface area contributed by atoms with Gasteiger partial charge in [-0.15, -0.1) is 0 Å². The van der Waals surface area contributed by atoms with E-state index in [1.165, 1.54) is 0 Å². The van der Waals surface area contributed by atoms with Crippen LogP contribution in [0.15, 0.2) is 12.2 Å². The van der Waals surface area contributed by atoms with E-state index in [1.807, 2.05) is 6.08 Å². The molecular formula is C10H22O2Si. The van der Waals surface area contributed by atoms with E-state index in [-0.39, 0.29) is 11.6 Å². The summed E-state index contributed by atoms with van der Waals surface area (Å²) in [6.45, 7) is 11.8. The summed E-state index contributed by atoms with van der Waals surface area (Å²) in [5.41, 5.74) is 0. The zero-order valence-corrected chi connectivity index (χ0v) is 10.4. The molecule has 13 heavy (non-hydrogen) atoms. The van der Waals surface area contributed by atoms with Crippen molar-refractivity contribution in [3.8, 4) is 0 Å². The van der Waals surface area contributed by atoms with Gasteiger partial charge < -0.3 is 9.53 Å². The lowest BCUT2D eigenvalue weighted by Gasteiger charge is -2.35. The van der Waals surface area contributed by atoms with Crippen LogP contribution in [0.4, 0.5) is 0 Å². The third kappa shape index (κ3) is 4.60. The molecule has 0 atom stereocenters. The van der Waals surface area contributed by atoms with Crippen LogP contribution in [0, 0.1) is 0 Å². The fourth-order valence-corrected chi connectivity index (χ4v) is 1.56. The molecule has 0 aliphatic rings. The summed E-state index contributed by atoms with van der Waals surface area (Å²) >= 11 is 0. The van der Waals surface area contributed by atoms with E-state index in [0.717, 1.165) is 0 Å². The van der Waals surface area contributed by atoms with Gasteiger partial charge in [0.1, 0.15) is 0 Å². The predicted molar refractivity (Wildman–Crippen MR) is 59.4 cm³/mol. The van der Waals surface area contributed by atoms with Crippen LogP contribution in [0.3, 0.4) is 0 Å². The Kier molecular flexibility index (Phi) is 4.89. The molecule has 0 bridgehead atoms. The molecule has 0 unspecified atom stereocenters. The Morgan fingerprint density at radius 2 is 1.77 bits per heavy atom. The highest BCUT2D eigenvalue weighted by Crippen LogP contribution is 2.36. The highest BCUT2D eigenvalue weighted by Gasteiger charge is 2.36. The number of aliphatic hydroxyl groups excluding tert-OH is 1. The van der Waals surface area contributed by atoms with E-state index in [0.29, 0.717) is 6.61 Å². The lowest BCUT2D eigenvalue weighted by Crippen LogP contribution is -2.40. The van der Waals surface area contributed by atoms with E-state index < -0.39 is 8.32 Å². The maximum atomic E-state index is 8.52. The molecule has 1 N–H and O–H groups in total. The molecule has 0 heterocycles. The SMILES string of the molecule is CC(C)(C)[Si](C)(C)OC/C=C/CO. The van der Waals surface area contributed by atoms with Crippen molar-refractivity contribution in [3.05, 3.63) is 12.2 Å². The average Bonchev–Trinajstić information content (AvgIpc) is 1.96. The fraction of sp³-hybridized carbons (Fsp3) is 0.800. The maximum Gasteiger partial charge on any atom is 0.192 e. The standard InChI is InChI=1S/C10H22O2Si/c1-10(2,3)13(4,5)12-9-7-6-8-11/h6-7,11H,8-9H2,1-5H3/b7-6+. The first kappa shape index (κ1) is 12.9. The predicted octanol–water partition coefficient (Wildman–Crippen LogP) is 2.56. The quantitative estimate of drug-likeness (QED) is 0.561. The molecule has 0 saturated heterocycles. The fourth-order valence-electron chi connectivity index (χ4n) is 0.616. The van der Waals surface area contributed by atoms with E-state index in [1.54, 1.807) is 6.08 Å². The molecule has 0 amide bonds. The van der Waals surface area contributed by atoms with Crippen LogP contribution >= 0.6 is 0 Å². The molecule has 0 rings (SSSR count). The Morgan fingerprint density at radius 1 is 1.23 bits per heavy atom. The van der Waals surface area contributed by atoms with Crippen molar-refractivity contribution >= 4 is 8.32 Å². The highest BCUT2D eigenvalue weighted by atomic mass is 28.4. The minimum absolute atomic E-state index is 0.0981. The monoisotopic (exact) mass is 202 g/mol. The third-order valence-corrected chi connectivity index (χ3v) is 7.12. The van der Waals surface area contributed by atoms with E-state index >= 15 is 0 Å². The smallest absolute Gasteiger partial charge is 0.192 e. The first-order chi connectivity index (χ1) is 5.81. The summed E-state index contributed by atoms with van der Waals surface area (Å²) < 4.78 is 5.84. The molecule has 0 aromatic carbocycles. The van der Waals surface area contributed by atoms with Crippen LogP contribution < -0.4 is 0 Å². The van der Waals surface area contributed by atoms with Crippen LogP contribution in [0.25, 0.3) is 0 Å². The highest BCUT2D eigenvalue weighted by molar-refractivity contribution is 6.74. The van der Waals surface area contributed by atoms with Crippen LogP contribution in [-0.4, -0.2) is 26.6 Å². The first-order valence-corrected chi connectivity index (χ1v) is 7.62. The largest absolute Gasteiger partial charge is 0.413 e. The molecule has 0 saturated carbocycles. The summed E-state index contributed by atoms with van der Waals surface area (Å²) in [5.74, 6) is 0. The van der Waals surface area contributed by atoms with Gasteiger partial charge in [0, 0.05) is 0 Å². The molecule has 0 spiro atoms. The Labute approximate surface area is 82.7 Å². The van der Waals surface area contributed by atoms with Crippen molar-refractivity contribution in [2.75, 3.05) is 13.2 Å². The zero-order chi connectivity index (χ0) is 10.5. The Hall–Kier alpha value is -0.123. The van der Waals surface area contributed by atoms with Crippen LogP contribution in [0.1, 0.15) is 20.8 Å². The normalized spacial score (nSPS) is 14.0. The van der Waals surface area contributed by atoms with E-state index in [2.05, 4.69) is 33.9 Å². The van der Waals surface area contributed by atoms with Gasteiger partial charge >= 0.3 is 0 Å². The van der Waals surface area contributed by atoms with E-state index in [9.17, 15) is 0 Å². The number of aliphatic hydroxyl groups is 1. The molecular weight excluding hydrogens is 180 g/mol. The van der Waals surface area contributed by atoms with Gasteiger partial charge in [-0.05, 0) is 18.1 Å². The van der Waals surface area contributed by atoms with Gasteiger partial charge in [-0.3, -0.25) is 0 Å². The van der Waals surface area contributed by atoms with Gasteiger partial charge in [-0.2, -0.15) is 0 Å². The lowest BCUT2D eigenvalue weighted by atomic mass is 10.2. The minimum atomic E-state index is -1.59. The lowest BCUT2D eigenvalue weighted by molar-refractivity contribution is 0.321. The summed E-state index contributed by atoms with van der Waals surface area (Å²) in [5, 5.41) is 8.79.